The number of carbonyl (C=O) groups is 1. The Kier molecular flexibility index (Phi) is 3.07. The number of anilines is 1. The summed E-state index contributed by atoms with van der Waals surface area (Å²) in [4.78, 5) is 26.3. The second-order valence-corrected chi connectivity index (χ2v) is 5.43. The van der Waals surface area contributed by atoms with Crippen molar-refractivity contribution in [2.24, 2.45) is 4.99 Å². The highest BCUT2D eigenvalue weighted by molar-refractivity contribution is 5.81. The molecule has 1 aromatic rings. The number of hydrogen-bond acceptors (Lipinski definition) is 4. The van der Waals surface area contributed by atoms with E-state index in [0.717, 1.165) is 30.5 Å². The van der Waals surface area contributed by atoms with E-state index in [9.17, 15) is 9.59 Å². The fourth-order valence-electron chi connectivity index (χ4n) is 2.97. The van der Waals surface area contributed by atoms with Gasteiger partial charge in [-0.1, -0.05) is 12.1 Å². The molecule has 20 heavy (non-hydrogen) atoms. The predicted molar refractivity (Wildman–Crippen MR) is 74.8 cm³/mol. The van der Waals surface area contributed by atoms with Crippen LogP contribution < -0.4 is 5.01 Å². The Morgan fingerprint density at radius 3 is 2.70 bits per heavy atom. The molecule has 1 heterocycles. The number of benzene rings is 1. The van der Waals surface area contributed by atoms with Gasteiger partial charge in [0.05, 0.1) is 11.2 Å². The lowest BCUT2D eigenvalue weighted by atomic mass is 9.72. The Morgan fingerprint density at radius 1 is 1.35 bits per heavy atom. The van der Waals surface area contributed by atoms with E-state index in [1.807, 2.05) is 29.3 Å². The van der Waals surface area contributed by atoms with Crippen molar-refractivity contribution in [3.63, 3.8) is 0 Å². The van der Waals surface area contributed by atoms with E-state index < -0.39 is 0 Å². The number of nitrogens with zero attached hydrogens (tertiary/aromatic N) is 3. The van der Waals surface area contributed by atoms with Crippen LogP contribution in [0.3, 0.4) is 0 Å². The second-order valence-electron chi connectivity index (χ2n) is 5.43. The molecule has 0 aromatic heterocycles. The lowest BCUT2D eigenvalue weighted by Gasteiger charge is -2.38. The van der Waals surface area contributed by atoms with Crippen molar-refractivity contribution < 1.29 is 9.59 Å². The third-order valence-corrected chi connectivity index (χ3v) is 4.38. The van der Waals surface area contributed by atoms with E-state index in [1.165, 1.54) is 0 Å². The Morgan fingerprint density at radius 2 is 2.15 bits per heavy atom. The van der Waals surface area contributed by atoms with Gasteiger partial charge in [-0.25, -0.2) is 4.79 Å². The number of carbonyl (C=O) groups excluding carboxylic acids is 2. The molecule has 0 spiro atoms. The van der Waals surface area contributed by atoms with Crippen molar-refractivity contribution in [1.29, 1.82) is 0 Å². The predicted octanol–water partition coefficient (Wildman–Crippen LogP) is 1.99. The fourth-order valence-corrected chi connectivity index (χ4v) is 2.97. The van der Waals surface area contributed by atoms with Gasteiger partial charge in [-0.2, -0.15) is 4.99 Å². The van der Waals surface area contributed by atoms with Crippen molar-refractivity contribution in [1.82, 2.24) is 5.01 Å². The molecule has 0 radical (unpaired) electrons. The van der Waals surface area contributed by atoms with Crippen molar-refractivity contribution in [3.05, 3.63) is 29.8 Å². The normalized spacial score (nSPS) is 20.6. The van der Waals surface area contributed by atoms with Crippen molar-refractivity contribution in [3.8, 4) is 0 Å². The highest BCUT2D eigenvalue weighted by atomic mass is 16.2. The molecule has 3 rings (SSSR count). The molecule has 1 saturated carbocycles. The van der Waals surface area contributed by atoms with Gasteiger partial charge in [0.25, 0.3) is 0 Å². The van der Waals surface area contributed by atoms with Crippen LogP contribution in [0.5, 0.6) is 0 Å². The van der Waals surface area contributed by atoms with Crippen molar-refractivity contribution in [2.75, 3.05) is 18.6 Å². The van der Waals surface area contributed by atoms with E-state index in [2.05, 4.69) is 4.99 Å². The van der Waals surface area contributed by atoms with Crippen LogP contribution in [0.2, 0.25) is 0 Å². The molecular formula is C15H17N3O2. The van der Waals surface area contributed by atoms with E-state index >= 15 is 0 Å². The first-order valence-electron chi connectivity index (χ1n) is 6.90. The van der Waals surface area contributed by atoms with Gasteiger partial charge in [-0.3, -0.25) is 14.8 Å². The Hall–Kier alpha value is -2.13. The average Bonchev–Trinajstić information content (AvgIpc) is 2.75. The maximum Gasteiger partial charge on any atom is 0.242 e. The largest absolute Gasteiger partial charge is 0.283 e. The SMILES string of the molecule is CN1C(=O)CCN1c1cccc(C2(N=C=O)CCC2)c1. The molecule has 1 aliphatic carbocycles. The van der Waals surface area contributed by atoms with Crippen LogP contribution in [0.4, 0.5) is 5.69 Å². The molecule has 5 heteroatoms. The van der Waals surface area contributed by atoms with Crippen LogP contribution in [0.15, 0.2) is 29.3 Å². The summed E-state index contributed by atoms with van der Waals surface area (Å²) in [6.07, 6.45) is 5.11. The number of hydrogen-bond donors (Lipinski definition) is 0. The Balaban J connectivity index is 1.94. The first-order valence-corrected chi connectivity index (χ1v) is 6.90. The monoisotopic (exact) mass is 271 g/mol. The van der Waals surface area contributed by atoms with Crippen LogP contribution in [0.1, 0.15) is 31.2 Å². The van der Waals surface area contributed by atoms with E-state index in [4.69, 9.17) is 0 Å². The second kappa shape index (κ2) is 4.76. The maximum atomic E-state index is 11.6. The maximum absolute atomic E-state index is 11.6. The van der Waals surface area contributed by atoms with Crippen LogP contribution >= 0.6 is 0 Å². The molecule has 104 valence electrons. The molecule has 1 amide bonds. The summed E-state index contributed by atoms with van der Waals surface area (Å²) in [6.45, 7) is 0.697. The summed E-state index contributed by atoms with van der Waals surface area (Å²) in [5, 5.41) is 3.61. The highest BCUT2D eigenvalue weighted by Crippen LogP contribution is 2.45. The van der Waals surface area contributed by atoms with Crippen molar-refractivity contribution >= 4 is 17.7 Å². The van der Waals surface area contributed by atoms with Crippen LogP contribution in [0.25, 0.3) is 0 Å². The van der Waals surface area contributed by atoms with Gasteiger partial charge in [-0.05, 0) is 37.0 Å². The molecule has 1 saturated heterocycles. The van der Waals surface area contributed by atoms with Gasteiger partial charge in [0, 0.05) is 20.0 Å². The molecule has 0 unspecified atom stereocenters. The minimum Gasteiger partial charge on any atom is -0.283 e. The summed E-state index contributed by atoms with van der Waals surface area (Å²) < 4.78 is 0. The fraction of sp³-hybridized carbons (Fsp3) is 0.467. The lowest BCUT2D eigenvalue weighted by Crippen LogP contribution is -2.36. The minimum absolute atomic E-state index is 0.125. The smallest absolute Gasteiger partial charge is 0.242 e. The van der Waals surface area contributed by atoms with E-state index in [1.54, 1.807) is 18.1 Å². The van der Waals surface area contributed by atoms with Gasteiger partial charge < -0.3 is 0 Å². The standard InChI is InChI=1S/C15H17N3O2/c1-17-14(20)6-9-18(17)13-5-2-4-12(10-13)15(16-11-19)7-3-8-15/h2,4-5,10H,3,6-9H2,1H3. The summed E-state index contributed by atoms with van der Waals surface area (Å²) >= 11 is 0. The number of aliphatic imine (C=N–C) groups is 1. The van der Waals surface area contributed by atoms with Gasteiger partial charge in [0.15, 0.2) is 0 Å². The van der Waals surface area contributed by atoms with Crippen LogP contribution in [0, 0.1) is 0 Å². The van der Waals surface area contributed by atoms with Gasteiger partial charge in [0.1, 0.15) is 0 Å². The van der Waals surface area contributed by atoms with Crippen LogP contribution in [-0.4, -0.2) is 30.6 Å². The van der Waals surface area contributed by atoms with Gasteiger partial charge in [0.2, 0.25) is 12.0 Å². The molecule has 1 aromatic carbocycles. The molecule has 2 aliphatic rings. The Labute approximate surface area is 117 Å². The summed E-state index contributed by atoms with van der Waals surface area (Å²) in [5.41, 5.74) is 1.63. The Bertz CT molecular complexity index is 589. The molecule has 0 bridgehead atoms. The number of hydrazine groups is 1. The van der Waals surface area contributed by atoms with E-state index in [-0.39, 0.29) is 11.4 Å². The van der Waals surface area contributed by atoms with Crippen molar-refractivity contribution in [2.45, 2.75) is 31.2 Å². The molecule has 1 aliphatic heterocycles. The van der Waals surface area contributed by atoms with Gasteiger partial charge in [-0.15, -0.1) is 0 Å². The molecular weight excluding hydrogens is 254 g/mol. The van der Waals surface area contributed by atoms with Crippen LogP contribution in [-0.2, 0) is 15.1 Å². The quantitative estimate of drug-likeness (QED) is 0.624. The summed E-state index contributed by atoms with van der Waals surface area (Å²) in [5.74, 6) is 0.125. The first-order chi connectivity index (χ1) is 9.66. The zero-order chi connectivity index (χ0) is 14.2. The third-order valence-electron chi connectivity index (χ3n) is 4.38. The topological polar surface area (TPSA) is 53.0 Å². The first kappa shape index (κ1) is 12.9. The van der Waals surface area contributed by atoms with E-state index in [0.29, 0.717) is 13.0 Å². The molecule has 5 nitrogen and oxygen atoms in total. The lowest BCUT2D eigenvalue weighted by molar-refractivity contribution is -0.126. The minimum atomic E-state index is -0.389. The highest BCUT2D eigenvalue weighted by Gasteiger charge is 2.39. The molecule has 2 fully saturated rings. The zero-order valence-electron chi connectivity index (χ0n) is 11.5. The molecule has 0 atom stereocenters. The molecule has 0 N–H and O–H groups in total. The summed E-state index contributed by atoms with van der Waals surface area (Å²) in [7, 11) is 1.78. The van der Waals surface area contributed by atoms with Gasteiger partial charge >= 0.3 is 0 Å². The third kappa shape index (κ3) is 1.91. The number of rotatable bonds is 3. The average molecular weight is 271 g/mol. The number of isocyanates is 1. The zero-order valence-corrected chi connectivity index (χ0v) is 11.5. The summed E-state index contributed by atoms with van der Waals surface area (Å²) in [6, 6.07) is 7.98. The number of amides is 1.